The van der Waals surface area contributed by atoms with Crippen LogP contribution < -0.4 is 10.6 Å². The molecule has 0 bridgehead atoms. The Labute approximate surface area is 139 Å². The van der Waals surface area contributed by atoms with Crippen molar-refractivity contribution in [1.29, 1.82) is 0 Å². The van der Waals surface area contributed by atoms with Crippen molar-refractivity contribution in [3.05, 3.63) is 81.5 Å². The summed E-state index contributed by atoms with van der Waals surface area (Å²) in [6.07, 6.45) is 1.74. The molecule has 23 heavy (non-hydrogen) atoms. The minimum absolute atomic E-state index is 0.539. The quantitative estimate of drug-likeness (QED) is 0.876. The van der Waals surface area contributed by atoms with E-state index in [0.717, 1.165) is 15.8 Å². The SMILES string of the molecule is CN=C1C=C(C)N(O)C(c2ccccc2)=c2cc(Cl)ccc2=N1. The van der Waals surface area contributed by atoms with Crippen molar-refractivity contribution in [1.82, 2.24) is 5.06 Å². The number of amidine groups is 1. The maximum atomic E-state index is 10.7. The van der Waals surface area contributed by atoms with Gasteiger partial charge in [-0.05, 0) is 25.1 Å². The zero-order chi connectivity index (χ0) is 16.4. The van der Waals surface area contributed by atoms with Gasteiger partial charge in [-0.1, -0.05) is 41.9 Å². The number of hydrogen-bond donors (Lipinski definition) is 1. The third-order valence-corrected chi connectivity index (χ3v) is 3.84. The Morgan fingerprint density at radius 2 is 1.87 bits per heavy atom. The Balaban J connectivity index is 2.49. The average Bonchev–Trinajstić information content (AvgIpc) is 2.56. The van der Waals surface area contributed by atoms with Gasteiger partial charge in [0.15, 0.2) is 0 Å². The van der Waals surface area contributed by atoms with E-state index in [1.54, 1.807) is 32.2 Å². The number of benzene rings is 2. The number of aliphatic imine (C=N–C) groups is 1. The molecule has 1 N–H and O–H groups in total. The second-order valence-electron chi connectivity index (χ2n) is 5.17. The van der Waals surface area contributed by atoms with Gasteiger partial charge in [0.2, 0.25) is 0 Å². The Morgan fingerprint density at radius 1 is 1.13 bits per heavy atom. The van der Waals surface area contributed by atoms with E-state index >= 15 is 0 Å². The molecule has 0 saturated carbocycles. The molecule has 1 aliphatic heterocycles. The van der Waals surface area contributed by atoms with Crippen LogP contribution in [0.5, 0.6) is 0 Å². The first kappa shape index (κ1) is 15.5. The molecule has 0 fully saturated rings. The van der Waals surface area contributed by atoms with Gasteiger partial charge >= 0.3 is 0 Å². The van der Waals surface area contributed by atoms with Crippen LogP contribution in [0.1, 0.15) is 12.5 Å². The molecule has 5 heteroatoms. The number of rotatable bonds is 1. The maximum Gasteiger partial charge on any atom is 0.149 e. The molecule has 2 aromatic rings. The van der Waals surface area contributed by atoms with E-state index in [1.165, 1.54) is 0 Å². The largest absolute Gasteiger partial charge is 0.284 e. The lowest BCUT2D eigenvalue weighted by Crippen LogP contribution is -2.35. The van der Waals surface area contributed by atoms with Gasteiger partial charge in [-0.25, -0.2) is 10.1 Å². The van der Waals surface area contributed by atoms with E-state index < -0.39 is 0 Å². The van der Waals surface area contributed by atoms with E-state index in [-0.39, 0.29) is 0 Å². The van der Waals surface area contributed by atoms with E-state index in [2.05, 4.69) is 9.98 Å². The van der Waals surface area contributed by atoms with Crippen LogP contribution in [0, 0.1) is 0 Å². The van der Waals surface area contributed by atoms with Crippen LogP contribution in [0.3, 0.4) is 0 Å². The Kier molecular flexibility index (Phi) is 4.28. The summed E-state index contributed by atoms with van der Waals surface area (Å²) in [4.78, 5) is 8.72. The predicted molar refractivity (Wildman–Crippen MR) is 91.9 cm³/mol. The van der Waals surface area contributed by atoms with Crippen molar-refractivity contribution in [2.45, 2.75) is 6.92 Å². The summed E-state index contributed by atoms with van der Waals surface area (Å²) in [5.74, 6) is 0.539. The fraction of sp³-hybridized carbons (Fsp3) is 0.111. The number of fused-ring (bicyclic) bond motifs is 1. The number of halogens is 1. The third kappa shape index (κ3) is 3.04. The molecule has 0 atom stereocenters. The highest BCUT2D eigenvalue weighted by Crippen LogP contribution is 2.19. The van der Waals surface area contributed by atoms with E-state index in [0.29, 0.717) is 27.6 Å². The Morgan fingerprint density at radius 3 is 2.57 bits per heavy atom. The summed E-state index contributed by atoms with van der Waals surface area (Å²) in [6.45, 7) is 1.80. The summed E-state index contributed by atoms with van der Waals surface area (Å²) in [5.41, 5.74) is 2.13. The fourth-order valence-corrected chi connectivity index (χ4v) is 2.65. The van der Waals surface area contributed by atoms with Crippen molar-refractivity contribution in [3.63, 3.8) is 0 Å². The van der Waals surface area contributed by atoms with Crippen LogP contribution in [0.15, 0.2) is 70.3 Å². The molecule has 4 nitrogen and oxygen atoms in total. The van der Waals surface area contributed by atoms with Crippen LogP contribution in [-0.4, -0.2) is 23.2 Å². The molecule has 1 heterocycles. The van der Waals surface area contributed by atoms with Gasteiger partial charge in [-0.3, -0.25) is 10.2 Å². The second kappa shape index (κ2) is 6.36. The van der Waals surface area contributed by atoms with Gasteiger partial charge in [0, 0.05) is 34.6 Å². The molecule has 3 rings (SSSR count). The summed E-state index contributed by atoms with van der Waals surface area (Å²) >= 11 is 6.18. The fourth-order valence-electron chi connectivity index (χ4n) is 2.48. The molecule has 0 aromatic heterocycles. The summed E-state index contributed by atoms with van der Waals surface area (Å²) in [5, 5.41) is 13.9. The van der Waals surface area contributed by atoms with Crippen molar-refractivity contribution in [3.8, 4) is 0 Å². The minimum atomic E-state index is 0.539. The van der Waals surface area contributed by atoms with Gasteiger partial charge in [0.05, 0.1) is 11.1 Å². The first-order valence-electron chi connectivity index (χ1n) is 7.18. The molecule has 1 aliphatic rings. The standard InChI is InChI=1S/C18H16ClN3O/c1-12-10-17(20-2)21-16-9-8-14(19)11-15(16)18(22(12)23)13-6-4-3-5-7-13/h3-11,23H,1-2H3. The summed E-state index contributed by atoms with van der Waals surface area (Å²) in [7, 11) is 1.67. The monoisotopic (exact) mass is 325 g/mol. The zero-order valence-corrected chi connectivity index (χ0v) is 13.6. The number of hydrogen-bond acceptors (Lipinski definition) is 3. The number of allylic oxidation sites excluding steroid dienone is 1. The van der Waals surface area contributed by atoms with Crippen molar-refractivity contribution in [2.75, 3.05) is 7.05 Å². The molecule has 0 amide bonds. The van der Waals surface area contributed by atoms with Gasteiger partial charge in [-0.2, -0.15) is 0 Å². The van der Waals surface area contributed by atoms with Crippen molar-refractivity contribution in [2.24, 2.45) is 9.98 Å². The molecule has 0 spiro atoms. The van der Waals surface area contributed by atoms with Crippen LogP contribution in [0.2, 0.25) is 5.02 Å². The summed E-state index contributed by atoms with van der Waals surface area (Å²) in [6, 6.07) is 15.1. The molecule has 0 aliphatic carbocycles. The van der Waals surface area contributed by atoms with Crippen LogP contribution in [0.25, 0.3) is 5.70 Å². The zero-order valence-electron chi connectivity index (χ0n) is 12.9. The molecular formula is C18H16ClN3O. The molecule has 0 unspecified atom stereocenters. The van der Waals surface area contributed by atoms with E-state index in [1.807, 2.05) is 36.4 Å². The third-order valence-electron chi connectivity index (χ3n) is 3.61. The van der Waals surface area contributed by atoms with Crippen LogP contribution in [0.4, 0.5) is 0 Å². The highest BCUT2D eigenvalue weighted by atomic mass is 35.5. The molecule has 116 valence electrons. The normalized spacial score (nSPS) is 16.3. The molecule has 2 aromatic carbocycles. The Bertz CT molecular complexity index is 917. The summed E-state index contributed by atoms with van der Waals surface area (Å²) < 4.78 is 0. The number of nitrogens with zero attached hydrogens (tertiary/aromatic N) is 3. The number of hydroxylamine groups is 2. The highest BCUT2D eigenvalue weighted by Gasteiger charge is 2.16. The molecule has 0 radical (unpaired) electrons. The smallest absolute Gasteiger partial charge is 0.149 e. The van der Waals surface area contributed by atoms with Crippen molar-refractivity contribution < 1.29 is 5.21 Å². The molecule has 0 saturated heterocycles. The maximum absolute atomic E-state index is 10.7. The lowest BCUT2D eigenvalue weighted by molar-refractivity contribution is 0.00923. The average molecular weight is 326 g/mol. The van der Waals surface area contributed by atoms with Crippen molar-refractivity contribution >= 4 is 23.1 Å². The van der Waals surface area contributed by atoms with Gasteiger partial charge in [0.1, 0.15) is 5.84 Å². The first-order valence-corrected chi connectivity index (χ1v) is 7.56. The van der Waals surface area contributed by atoms with E-state index in [4.69, 9.17) is 11.6 Å². The van der Waals surface area contributed by atoms with Gasteiger partial charge < -0.3 is 0 Å². The molecular weight excluding hydrogens is 310 g/mol. The lowest BCUT2D eigenvalue weighted by atomic mass is 10.1. The lowest BCUT2D eigenvalue weighted by Gasteiger charge is -2.23. The highest BCUT2D eigenvalue weighted by molar-refractivity contribution is 6.30. The van der Waals surface area contributed by atoms with E-state index in [9.17, 15) is 5.21 Å². The second-order valence-corrected chi connectivity index (χ2v) is 5.60. The van der Waals surface area contributed by atoms with Gasteiger partial charge in [0.25, 0.3) is 0 Å². The van der Waals surface area contributed by atoms with Crippen LogP contribution in [-0.2, 0) is 0 Å². The predicted octanol–water partition coefficient (Wildman–Crippen LogP) is 2.75. The minimum Gasteiger partial charge on any atom is -0.284 e. The van der Waals surface area contributed by atoms with Gasteiger partial charge in [-0.15, -0.1) is 0 Å². The Hall–Kier alpha value is -2.43. The van der Waals surface area contributed by atoms with Crippen LogP contribution >= 0.6 is 11.6 Å². The first-order chi connectivity index (χ1) is 11.1. The topological polar surface area (TPSA) is 48.2 Å².